The van der Waals surface area contributed by atoms with Crippen LogP contribution in [-0.2, 0) is 9.47 Å². The molecule has 3 rings (SSSR count). The maximum Gasteiger partial charge on any atom is 0.338 e. The van der Waals surface area contributed by atoms with Crippen molar-refractivity contribution in [3.8, 4) is 0 Å². The fraction of sp³-hybridized carbons (Fsp3) is 0.300. The summed E-state index contributed by atoms with van der Waals surface area (Å²) in [5, 5.41) is 19.8. The molecule has 136 valence electrons. The van der Waals surface area contributed by atoms with Gasteiger partial charge in [-0.25, -0.2) is 9.59 Å². The first kappa shape index (κ1) is 18.1. The maximum atomic E-state index is 12.0. The van der Waals surface area contributed by atoms with Crippen LogP contribution in [0.5, 0.6) is 0 Å². The summed E-state index contributed by atoms with van der Waals surface area (Å²) in [6, 6.07) is 17.0. The molecule has 0 aliphatic heterocycles. The van der Waals surface area contributed by atoms with E-state index in [9.17, 15) is 19.8 Å². The quantitative estimate of drug-likeness (QED) is 0.733. The van der Waals surface area contributed by atoms with Crippen LogP contribution in [0, 0.1) is 11.8 Å². The molecular formula is C20H20O6. The second kappa shape index (κ2) is 7.68. The van der Waals surface area contributed by atoms with Gasteiger partial charge in [0.25, 0.3) is 0 Å². The molecule has 0 unspecified atom stereocenters. The molecular weight excluding hydrogens is 336 g/mol. The average Bonchev–Trinajstić information content (AvgIpc) is 3.28. The molecule has 2 N–H and O–H groups in total. The average molecular weight is 356 g/mol. The van der Waals surface area contributed by atoms with Crippen LogP contribution in [0.2, 0.25) is 0 Å². The van der Waals surface area contributed by atoms with Gasteiger partial charge in [0.15, 0.2) is 0 Å². The molecule has 0 amide bonds. The fourth-order valence-corrected chi connectivity index (χ4v) is 2.99. The normalized spacial score (nSPS) is 23.9. The van der Waals surface area contributed by atoms with Gasteiger partial charge in [-0.1, -0.05) is 36.4 Å². The van der Waals surface area contributed by atoms with Gasteiger partial charge in [0, 0.05) is 11.8 Å². The Morgan fingerprint density at radius 3 is 1.54 bits per heavy atom. The van der Waals surface area contributed by atoms with Crippen molar-refractivity contribution < 1.29 is 29.3 Å². The summed E-state index contributed by atoms with van der Waals surface area (Å²) in [4.78, 5) is 24.0. The van der Waals surface area contributed by atoms with Crippen LogP contribution < -0.4 is 0 Å². The first-order chi connectivity index (χ1) is 12.6. The van der Waals surface area contributed by atoms with E-state index in [1.165, 1.54) is 0 Å². The minimum absolute atomic E-state index is 0.0572. The lowest BCUT2D eigenvalue weighted by atomic mass is 10.2. The maximum absolute atomic E-state index is 12.0. The van der Waals surface area contributed by atoms with Crippen molar-refractivity contribution >= 4 is 11.9 Å². The van der Waals surface area contributed by atoms with E-state index in [0.717, 1.165) is 0 Å². The largest absolute Gasteiger partial charge is 0.462 e. The second-order valence-electron chi connectivity index (χ2n) is 6.29. The first-order valence-electron chi connectivity index (χ1n) is 8.34. The van der Waals surface area contributed by atoms with Gasteiger partial charge in [0.1, 0.15) is 5.60 Å². The lowest BCUT2D eigenvalue weighted by Crippen LogP contribution is -2.22. The van der Waals surface area contributed by atoms with Gasteiger partial charge in [0.05, 0.1) is 30.9 Å². The lowest BCUT2D eigenvalue weighted by Gasteiger charge is -2.07. The lowest BCUT2D eigenvalue weighted by molar-refractivity contribution is 0.0203. The molecule has 0 spiro atoms. The van der Waals surface area contributed by atoms with Gasteiger partial charge in [-0.05, 0) is 24.3 Å². The van der Waals surface area contributed by atoms with Gasteiger partial charge in [0.2, 0.25) is 0 Å². The number of rotatable bonds is 7. The van der Waals surface area contributed by atoms with E-state index in [1.807, 2.05) is 0 Å². The van der Waals surface area contributed by atoms with E-state index in [2.05, 4.69) is 0 Å². The third-order valence-electron chi connectivity index (χ3n) is 4.72. The topological polar surface area (TPSA) is 93.1 Å². The van der Waals surface area contributed by atoms with E-state index in [1.54, 1.807) is 60.7 Å². The summed E-state index contributed by atoms with van der Waals surface area (Å²) in [6.07, 6.45) is 0. The monoisotopic (exact) mass is 356 g/mol. The van der Waals surface area contributed by atoms with Crippen LogP contribution in [-0.4, -0.2) is 47.6 Å². The van der Waals surface area contributed by atoms with Gasteiger partial charge in [-0.3, -0.25) is 0 Å². The van der Waals surface area contributed by atoms with Gasteiger partial charge >= 0.3 is 11.9 Å². The van der Waals surface area contributed by atoms with Crippen molar-refractivity contribution in [2.45, 2.75) is 5.60 Å². The Balaban J connectivity index is 1.53. The predicted octanol–water partition coefficient (Wildman–Crippen LogP) is 1.67. The number of ether oxygens (including phenoxy) is 2. The molecule has 1 saturated carbocycles. The molecule has 0 radical (unpaired) electrons. The minimum atomic E-state index is -1.41. The van der Waals surface area contributed by atoms with E-state index in [0.29, 0.717) is 11.1 Å². The summed E-state index contributed by atoms with van der Waals surface area (Å²) >= 11 is 0. The highest BCUT2D eigenvalue weighted by molar-refractivity contribution is 5.89. The van der Waals surface area contributed by atoms with Gasteiger partial charge in [-0.15, -0.1) is 0 Å². The third kappa shape index (κ3) is 3.76. The SMILES string of the molecule is O=C(OC[C@@H]1[C@@H](COC(=O)c2ccccc2)C1(O)CO)c1ccccc1. The van der Waals surface area contributed by atoms with Crippen LogP contribution >= 0.6 is 0 Å². The number of carbonyl (C=O) groups is 2. The van der Waals surface area contributed by atoms with Crippen molar-refractivity contribution in [3.05, 3.63) is 71.8 Å². The van der Waals surface area contributed by atoms with Crippen molar-refractivity contribution in [2.75, 3.05) is 19.8 Å². The fourth-order valence-electron chi connectivity index (χ4n) is 2.99. The van der Waals surface area contributed by atoms with Crippen molar-refractivity contribution in [1.29, 1.82) is 0 Å². The van der Waals surface area contributed by atoms with Crippen LogP contribution in [0.25, 0.3) is 0 Å². The third-order valence-corrected chi connectivity index (χ3v) is 4.72. The number of carbonyl (C=O) groups excluding carboxylic acids is 2. The highest BCUT2D eigenvalue weighted by Crippen LogP contribution is 2.50. The van der Waals surface area contributed by atoms with Gasteiger partial charge in [-0.2, -0.15) is 0 Å². The second-order valence-corrected chi connectivity index (χ2v) is 6.29. The molecule has 6 nitrogen and oxygen atoms in total. The Morgan fingerprint density at radius 2 is 1.19 bits per heavy atom. The van der Waals surface area contributed by atoms with E-state index in [-0.39, 0.29) is 13.2 Å². The number of aliphatic hydroxyl groups is 2. The Hall–Kier alpha value is -2.70. The molecule has 1 aliphatic carbocycles. The smallest absolute Gasteiger partial charge is 0.338 e. The van der Waals surface area contributed by atoms with Crippen LogP contribution in [0.4, 0.5) is 0 Å². The molecule has 2 aromatic rings. The highest BCUT2D eigenvalue weighted by Gasteiger charge is 2.64. The zero-order chi connectivity index (χ0) is 18.6. The summed E-state index contributed by atoms with van der Waals surface area (Å²) in [5.41, 5.74) is -0.589. The standard InChI is InChI=1S/C20H20O6/c21-13-20(24)16(11-25-18(22)14-7-3-1-4-8-14)17(20)12-26-19(23)15-9-5-2-6-10-15/h1-10,16-17,21,24H,11-13H2/t16-,17-/m1/s1. The van der Waals surface area contributed by atoms with E-state index < -0.39 is 36.0 Å². The summed E-state index contributed by atoms with van der Waals surface area (Å²) < 4.78 is 10.4. The molecule has 0 bridgehead atoms. The Kier molecular flexibility index (Phi) is 5.35. The number of benzene rings is 2. The zero-order valence-electron chi connectivity index (χ0n) is 14.1. The summed E-state index contributed by atoms with van der Waals surface area (Å²) in [5.74, 6) is -1.97. The molecule has 0 heterocycles. The number of aliphatic hydroxyl groups excluding tert-OH is 1. The first-order valence-corrected chi connectivity index (χ1v) is 8.34. The number of hydrogen-bond donors (Lipinski definition) is 2. The molecule has 6 heteroatoms. The van der Waals surface area contributed by atoms with Gasteiger partial charge < -0.3 is 19.7 Å². The molecule has 2 aromatic carbocycles. The highest BCUT2D eigenvalue weighted by atomic mass is 16.5. The Morgan fingerprint density at radius 1 is 0.808 bits per heavy atom. The Labute approximate surface area is 151 Å². The number of esters is 2. The molecule has 0 saturated heterocycles. The molecule has 26 heavy (non-hydrogen) atoms. The van der Waals surface area contributed by atoms with Crippen LogP contribution in [0.1, 0.15) is 20.7 Å². The Bertz CT molecular complexity index is 697. The summed E-state index contributed by atoms with van der Waals surface area (Å²) in [6.45, 7) is -0.606. The van der Waals surface area contributed by atoms with Crippen molar-refractivity contribution in [2.24, 2.45) is 11.8 Å². The summed E-state index contributed by atoms with van der Waals surface area (Å²) in [7, 11) is 0. The molecule has 0 aromatic heterocycles. The van der Waals surface area contributed by atoms with Crippen LogP contribution in [0.3, 0.4) is 0 Å². The van der Waals surface area contributed by atoms with Crippen molar-refractivity contribution in [1.82, 2.24) is 0 Å². The molecule has 1 aliphatic rings. The molecule has 1 fully saturated rings. The van der Waals surface area contributed by atoms with E-state index in [4.69, 9.17) is 9.47 Å². The zero-order valence-corrected chi connectivity index (χ0v) is 14.1. The van der Waals surface area contributed by atoms with Crippen molar-refractivity contribution in [3.63, 3.8) is 0 Å². The van der Waals surface area contributed by atoms with E-state index >= 15 is 0 Å². The molecule has 2 atom stereocenters. The van der Waals surface area contributed by atoms with Crippen LogP contribution in [0.15, 0.2) is 60.7 Å². The minimum Gasteiger partial charge on any atom is -0.462 e. The number of hydrogen-bond acceptors (Lipinski definition) is 6. The predicted molar refractivity (Wildman–Crippen MR) is 92.5 cm³/mol.